The number of halogens is 2. The van der Waals surface area contributed by atoms with Gasteiger partial charge in [-0.15, -0.1) is 0 Å². The van der Waals surface area contributed by atoms with Crippen molar-refractivity contribution >= 4 is 11.6 Å². The van der Waals surface area contributed by atoms with Crippen LogP contribution in [0.15, 0.2) is 18.2 Å². The largest absolute Gasteiger partial charge is 0.311 e. The molecule has 1 aliphatic heterocycles. The van der Waals surface area contributed by atoms with Crippen LogP contribution < -0.4 is 5.32 Å². The Morgan fingerprint density at radius 3 is 2.81 bits per heavy atom. The molecule has 1 N–H and O–H groups in total. The third-order valence-corrected chi connectivity index (χ3v) is 5.01. The second-order valence-electron chi connectivity index (χ2n) is 6.80. The van der Waals surface area contributed by atoms with E-state index in [0.717, 1.165) is 25.1 Å². The molecule has 1 fully saturated rings. The number of benzene rings is 1. The Hall–Kier alpha value is -0.640. The van der Waals surface area contributed by atoms with Crippen LogP contribution >= 0.6 is 11.6 Å². The van der Waals surface area contributed by atoms with Crippen molar-refractivity contribution in [3.63, 3.8) is 0 Å². The average Bonchev–Trinajstić information content (AvgIpc) is 2.42. The highest BCUT2D eigenvalue weighted by atomic mass is 35.5. The molecule has 0 spiro atoms. The normalized spacial score (nSPS) is 24.0. The highest BCUT2D eigenvalue weighted by Crippen LogP contribution is 2.26. The molecule has 0 aliphatic carbocycles. The van der Waals surface area contributed by atoms with E-state index in [9.17, 15) is 4.39 Å². The first-order valence-electron chi connectivity index (χ1n) is 7.76. The van der Waals surface area contributed by atoms with Gasteiger partial charge in [0.05, 0.1) is 0 Å². The van der Waals surface area contributed by atoms with E-state index in [-0.39, 0.29) is 11.4 Å². The van der Waals surface area contributed by atoms with E-state index in [2.05, 4.69) is 37.9 Å². The highest BCUT2D eigenvalue weighted by molar-refractivity contribution is 6.30. The summed E-state index contributed by atoms with van der Waals surface area (Å²) in [6.07, 6.45) is 1.15. The van der Waals surface area contributed by atoms with Crippen molar-refractivity contribution in [2.24, 2.45) is 5.92 Å². The van der Waals surface area contributed by atoms with Gasteiger partial charge in [-0.2, -0.15) is 0 Å². The lowest BCUT2D eigenvalue weighted by Gasteiger charge is -2.47. The first kappa shape index (κ1) is 16.7. The van der Waals surface area contributed by atoms with E-state index in [1.165, 1.54) is 6.07 Å². The molecular weight excluding hydrogens is 287 g/mol. The van der Waals surface area contributed by atoms with Gasteiger partial charge in [0, 0.05) is 41.8 Å². The Labute approximate surface area is 132 Å². The zero-order chi connectivity index (χ0) is 15.6. The van der Waals surface area contributed by atoms with Crippen molar-refractivity contribution in [2.75, 3.05) is 13.1 Å². The molecule has 2 unspecified atom stereocenters. The van der Waals surface area contributed by atoms with Gasteiger partial charge >= 0.3 is 0 Å². The standard InChI is InChI=1S/C17H26ClFN2/c1-5-12(2)16-10-21(17(3,4)11-20-16)9-13-6-7-14(18)8-15(13)19/h6-8,12,16,20H,5,9-11H2,1-4H3. The van der Waals surface area contributed by atoms with E-state index in [1.807, 2.05) is 0 Å². The molecule has 1 heterocycles. The summed E-state index contributed by atoms with van der Waals surface area (Å²) in [5.41, 5.74) is 0.744. The SMILES string of the molecule is CCC(C)C1CN(Cc2ccc(Cl)cc2F)C(C)(C)CN1. The second kappa shape index (κ2) is 6.64. The minimum absolute atomic E-state index is 0.0238. The number of hydrogen-bond donors (Lipinski definition) is 1. The summed E-state index contributed by atoms with van der Waals surface area (Å²) < 4.78 is 14.1. The third-order valence-electron chi connectivity index (χ3n) is 4.78. The molecule has 2 nitrogen and oxygen atoms in total. The summed E-state index contributed by atoms with van der Waals surface area (Å²) >= 11 is 5.84. The van der Waals surface area contributed by atoms with Crippen LogP contribution in [-0.4, -0.2) is 29.6 Å². The van der Waals surface area contributed by atoms with E-state index in [0.29, 0.717) is 23.5 Å². The molecule has 118 valence electrons. The van der Waals surface area contributed by atoms with E-state index < -0.39 is 0 Å². The van der Waals surface area contributed by atoms with E-state index >= 15 is 0 Å². The van der Waals surface area contributed by atoms with Crippen molar-refractivity contribution in [1.82, 2.24) is 10.2 Å². The van der Waals surface area contributed by atoms with Gasteiger partial charge in [-0.3, -0.25) is 4.90 Å². The molecule has 2 atom stereocenters. The first-order valence-corrected chi connectivity index (χ1v) is 8.13. The van der Waals surface area contributed by atoms with Crippen molar-refractivity contribution in [3.8, 4) is 0 Å². The van der Waals surface area contributed by atoms with Gasteiger partial charge in [0.1, 0.15) is 5.82 Å². The highest BCUT2D eigenvalue weighted by Gasteiger charge is 2.35. The molecular formula is C17H26ClFN2. The average molecular weight is 313 g/mol. The molecule has 1 saturated heterocycles. The Morgan fingerprint density at radius 2 is 2.19 bits per heavy atom. The van der Waals surface area contributed by atoms with Crippen LogP contribution in [0.5, 0.6) is 0 Å². The van der Waals surface area contributed by atoms with E-state index in [1.54, 1.807) is 12.1 Å². The van der Waals surface area contributed by atoms with Gasteiger partial charge in [0.15, 0.2) is 0 Å². The topological polar surface area (TPSA) is 15.3 Å². The van der Waals surface area contributed by atoms with Crippen LogP contribution in [0.3, 0.4) is 0 Å². The summed E-state index contributed by atoms with van der Waals surface area (Å²) in [4.78, 5) is 2.38. The van der Waals surface area contributed by atoms with Crippen LogP contribution in [0.1, 0.15) is 39.7 Å². The van der Waals surface area contributed by atoms with Crippen molar-refractivity contribution in [2.45, 2.75) is 52.2 Å². The first-order chi connectivity index (χ1) is 9.83. The number of hydrogen-bond acceptors (Lipinski definition) is 2. The fourth-order valence-electron chi connectivity index (χ4n) is 2.84. The van der Waals surface area contributed by atoms with Gasteiger partial charge in [0.25, 0.3) is 0 Å². The predicted molar refractivity (Wildman–Crippen MR) is 87.1 cm³/mol. The second-order valence-corrected chi connectivity index (χ2v) is 7.24. The smallest absolute Gasteiger partial charge is 0.129 e. The van der Waals surface area contributed by atoms with E-state index in [4.69, 9.17) is 11.6 Å². The lowest BCUT2D eigenvalue weighted by Crippen LogP contribution is -2.62. The molecule has 1 aromatic carbocycles. The van der Waals surface area contributed by atoms with Crippen LogP contribution in [0.2, 0.25) is 5.02 Å². The van der Waals surface area contributed by atoms with Gasteiger partial charge in [0.2, 0.25) is 0 Å². The minimum atomic E-state index is -0.211. The van der Waals surface area contributed by atoms with Crippen LogP contribution in [0.4, 0.5) is 4.39 Å². The van der Waals surface area contributed by atoms with Gasteiger partial charge in [-0.25, -0.2) is 4.39 Å². The molecule has 2 rings (SSSR count). The van der Waals surface area contributed by atoms with Crippen molar-refractivity contribution < 1.29 is 4.39 Å². The number of piperazine rings is 1. The molecule has 21 heavy (non-hydrogen) atoms. The molecule has 1 aliphatic rings. The number of nitrogens with zero attached hydrogens (tertiary/aromatic N) is 1. The molecule has 0 saturated carbocycles. The Morgan fingerprint density at radius 1 is 1.48 bits per heavy atom. The van der Waals surface area contributed by atoms with Crippen LogP contribution in [0, 0.1) is 11.7 Å². The van der Waals surface area contributed by atoms with Crippen LogP contribution in [0.25, 0.3) is 0 Å². The zero-order valence-corrected chi connectivity index (χ0v) is 14.2. The minimum Gasteiger partial charge on any atom is -0.311 e. The molecule has 0 amide bonds. The molecule has 1 aromatic rings. The lowest BCUT2D eigenvalue weighted by molar-refractivity contribution is 0.0440. The Balaban J connectivity index is 2.14. The summed E-state index contributed by atoms with van der Waals surface area (Å²) in [6.45, 7) is 11.4. The van der Waals surface area contributed by atoms with Crippen molar-refractivity contribution in [3.05, 3.63) is 34.6 Å². The third kappa shape index (κ3) is 3.97. The lowest BCUT2D eigenvalue weighted by atomic mass is 9.90. The number of rotatable bonds is 4. The van der Waals surface area contributed by atoms with Crippen molar-refractivity contribution in [1.29, 1.82) is 0 Å². The van der Waals surface area contributed by atoms with Crippen LogP contribution in [-0.2, 0) is 6.54 Å². The Kier molecular flexibility index (Phi) is 5.29. The zero-order valence-electron chi connectivity index (χ0n) is 13.4. The fraction of sp³-hybridized carbons (Fsp3) is 0.647. The maximum absolute atomic E-state index is 14.1. The summed E-state index contributed by atoms with van der Waals surface area (Å²) in [5, 5.41) is 4.10. The molecule has 0 aromatic heterocycles. The van der Waals surface area contributed by atoms with Gasteiger partial charge < -0.3 is 5.32 Å². The fourth-order valence-corrected chi connectivity index (χ4v) is 3.00. The maximum Gasteiger partial charge on any atom is 0.129 e. The molecule has 4 heteroatoms. The predicted octanol–water partition coefficient (Wildman–Crippen LogP) is 4.08. The summed E-state index contributed by atoms with van der Waals surface area (Å²) in [6, 6.07) is 5.44. The Bertz CT molecular complexity index is 490. The van der Waals surface area contributed by atoms with Gasteiger partial charge in [-0.1, -0.05) is 37.9 Å². The monoisotopic (exact) mass is 312 g/mol. The maximum atomic E-state index is 14.1. The number of nitrogens with one attached hydrogen (secondary N) is 1. The van der Waals surface area contributed by atoms with Gasteiger partial charge in [-0.05, 0) is 31.9 Å². The molecule has 0 bridgehead atoms. The molecule has 0 radical (unpaired) electrons. The summed E-state index contributed by atoms with van der Waals surface area (Å²) in [7, 11) is 0. The quantitative estimate of drug-likeness (QED) is 0.901. The summed E-state index contributed by atoms with van der Waals surface area (Å²) in [5.74, 6) is 0.413.